The minimum absolute atomic E-state index is 0.0143. The van der Waals surface area contributed by atoms with Crippen molar-refractivity contribution in [2.45, 2.75) is 112 Å². The van der Waals surface area contributed by atoms with Crippen molar-refractivity contribution >= 4 is 11.9 Å². The second kappa shape index (κ2) is 11.6. The van der Waals surface area contributed by atoms with E-state index in [0.29, 0.717) is 30.4 Å². The largest absolute Gasteiger partial charge is 0.458 e. The fraction of sp³-hybridized carbons (Fsp3) is 0.562. The Balaban J connectivity index is 2.21. The molecule has 0 saturated heterocycles. The number of benzene rings is 2. The van der Waals surface area contributed by atoms with E-state index in [2.05, 4.69) is 55.4 Å². The summed E-state index contributed by atoms with van der Waals surface area (Å²) in [6, 6.07) is 15.3. The standard InChI is InChI=1S/C32H46O4/c1-11-26(35-28(33)22-14-18-24(19-15-22)30(4,5)6)32(10,13-3)27(12-2)36-29(34)23-16-20-25(21-17-23)31(7,8)9/h14-21,26-27H,11-13H2,1-10H3. The van der Waals surface area contributed by atoms with Crippen LogP contribution in [0, 0.1) is 5.41 Å². The molecule has 0 aliphatic carbocycles. The number of carbonyl (C=O) groups is 2. The molecule has 2 aromatic carbocycles. The first-order valence-electron chi connectivity index (χ1n) is 13.3. The average molecular weight is 495 g/mol. The van der Waals surface area contributed by atoms with Crippen LogP contribution in [-0.2, 0) is 20.3 Å². The third-order valence-corrected chi connectivity index (χ3v) is 7.45. The summed E-state index contributed by atoms with van der Waals surface area (Å²) >= 11 is 0. The van der Waals surface area contributed by atoms with Crippen LogP contribution in [0.25, 0.3) is 0 Å². The predicted molar refractivity (Wildman–Crippen MR) is 148 cm³/mol. The monoisotopic (exact) mass is 494 g/mol. The maximum Gasteiger partial charge on any atom is 0.338 e. The molecule has 4 nitrogen and oxygen atoms in total. The Morgan fingerprint density at radius 3 is 1.14 bits per heavy atom. The van der Waals surface area contributed by atoms with Gasteiger partial charge in [0.25, 0.3) is 0 Å². The van der Waals surface area contributed by atoms with Crippen molar-refractivity contribution in [2.24, 2.45) is 5.41 Å². The summed E-state index contributed by atoms with van der Waals surface area (Å²) in [5.74, 6) is -0.693. The van der Waals surface area contributed by atoms with Crippen LogP contribution in [0.5, 0.6) is 0 Å². The third-order valence-electron chi connectivity index (χ3n) is 7.45. The van der Waals surface area contributed by atoms with Gasteiger partial charge in [-0.2, -0.15) is 0 Å². The molecule has 0 bridgehead atoms. The second-order valence-corrected chi connectivity index (χ2v) is 12.1. The van der Waals surface area contributed by atoms with Gasteiger partial charge in [-0.25, -0.2) is 9.59 Å². The van der Waals surface area contributed by atoms with Gasteiger partial charge in [0.05, 0.1) is 11.1 Å². The first-order chi connectivity index (χ1) is 16.7. The highest BCUT2D eigenvalue weighted by Crippen LogP contribution is 2.38. The zero-order valence-corrected chi connectivity index (χ0v) is 24.0. The fourth-order valence-electron chi connectivity index (χ4n) is 4.64. The Hall–Kier alpha value is -2.62. The minimum Gasteiger partial charge on any atom is -0.458 e. The van der Waals surface area contributed by atoms with Crippen molar-refractivity contribution in [3.63, 3.8) is 0 Å². The highest BCUT2D eigenvalue weighted by molar-refractivity contribution is 5.90. The van der Waals surface area contributed by atoms with Crippen molar-refractivity contribution in [1.82, 2.24) is 0 Å². The lowest BCUT2D eigenvalue weighted by Crippen LogP contribution is -2.46. The fourth-order valence-corrected chi connectivity index (χ4v) is 4.64. The van der Waals surface area contributed by atoms with Crippen LogP contribution in [0.1, 0.15) is 120 Å². The predicted octanol–water partition coefficient (Wildman–Crippen LogP) is 8.27. The lowest BCUT2D eigenvalue weighted by atomic mass is 9.74. The number of rotatable bonds is 9. The lowest BCUT2D eigenvalue weighted by Gasteiger charge is -2.41. The number of ether oxygens (including phenoxy) is 2. The van der Waals surface area contributed by atoms with E-state index < -0.39 is 17.6 Å². The molecule has 0 saturated carbocycles. The van der Waals surface area contributed by atoms with Gasteiger partial charge in [-0.1, -0.05) is 93.5 Å². The van der Waals surface area contributed by atoms with E-state index >= 15 is 0 Å². The molecule has 0 spiro atoms. The Morgan fingerprint density at radius 1 is 0.611 bits per heavy atom. The van der Waals surface area contributed by atoms with Crippen LogP contribution in [0.2, 0.25) is 0 Å². The molecule has 0 fully saturated rings. The minimum atomic E-state index is -0.522. The lowest BCUT2D eigenvalue weighted by molar-refractivity contribution is -0.0843. The van der Waals surface area contributed by atoms with Crippen LogP contribution in [-0.4, -0.2) is 24.1 Å². The molecule has 4 heteroatoms. The van der Waals surface area contributed by atoms with Crippen LogP contribution in [0.15, 0.2) is 48.5 Å². The van der Waals surface area contributed by atoms with Crippen LogP contribution in [0.3, 0.4) is 0 Å². The summed E-state index contributed by atoms with van der Waals surface area (Å²) in [6.07, 6.45) is 1.18. The Labute approximate surface area is 218 Å². The molecule has 2 aromatic rings. The molecular formula is C32H46O4. The molecule has 0 amide bonds. The molecular weight excluding hydrogens is 448 g/mol. The van der Waals surface area contributed by atoms with Crippen molar-refractivity contribution in [3.8, 4) is 0 Å². The van der Waals surface area contributed by atoms with E-state index in [-0.39, 0.29) is 22.8 Å². The van der Waals surface area contributed by atoms with Gasteiger partial charge in [-0.15, -0.1) is 0 Å². The van der Waals surface area contributed by atoms with E-state index in [9.17, 15) is 9.59 Å². The molecule has 0 aliphatic heterocycles. The van der Waals surface area contributed by atoms with Crippen molar-refractivity contribution < 1.29 is 19.1 Å². The van der Waals surface area contributed by atoms with Gasteiger partial charge in [0, 0.05) is 5.41 Å². The Kier molecular flexibility index (Phi) is 9.56. The van der Waals surface area contributed by atoms with E-state index in [0.717, 1.165) is 11.1 Å². The van der Waals surface area contributed by atoms with Crippen molar-refractivity contribution in [3.05, 3.63) is 70.8 Å². The van der Waals surface area contributed by atoms with Gasteiger partial charge in [-0.3, -0.25) is 0 Å². The first-order valence-corrected chi connectivity index (χ1v) is 13.3. The van der Waals surface area contributed by atoms with Gasteiger partial charge in [0.1, 0.15) is 12.2 Å². The number of hydrogen-bond acceptors (Lipinski definition) is 4. The summed E-state index contributed by atoms with van der Waals surface area (Å²) in [4.78, 5) is 26.2. The van der Waals surface area contributed by atoms with Gasteiger partial charge in [0.2, 0.25) is 0 Å². The molecule has 36 heavy (non-hydrogen) atoms. The summed E-state index contributed by atoms with van der Waals surface area (Å²) in [7, 11) is 0. The quantitative estimate of drug-likeness (QED) is 0.329. The summed E-state index contributed by atoms with van der Waals surface area (Å²) in [5, 5.41) is 0. The zero-order chi connectivity index (χ0) is 27.3. The van der Waals surface area contributed by atoms with Crippen LogP contribution in [0.4, 0.5) is 0 Å². The van der Waals surface area contributed by atoms with Gasteiger partial charge in [0.15, 0.2) is 0 Å². The molecule has 0 aromatic heterocycles. The summed E-state index contributed by atoms with van der Waals surface area (Å²) < 4.78 is 12.1. The topological polar surface area (TPSA) is 52.6 Å². The summed E-state index contributed by atoms with van der Waals surface area (Å²) in [5.41, 5.74) is 2.90. The van der Waals surface area contributed by atoms with E-state index in [1.165, 1.54) is 0 Å². The number of carbonyl (C=O) groups excluding carboxylic acids is 2. The van der Waals surface area contributed by atoms with Gasteiger partial charge in [-0.05, 0) is 65.5 Å². The molecule has 0 radical (unpaired) electrons. The van der Waals surface area contributed by atoms with Crippen molar-refractivity contribution in [2.75, 3.05) is 0 Å². The van der Waals surface area contributed by atoms with Crippen LogP contribution < -0.4 is 0 Å². The second-order valence-electron chi connectivity index (χ2n) is 12.1. The van der Waals surface area contributed by atoms with E-state index in [1.54, 1.807) is 0 Å². The molecule has 0 N–H and O–H groups in total. The molecule has 2 unspecified atom stereocenters. The normalized spacial score (nSPS) is 15.5. The molecule has 2 atom stereocenters. The smallest absolute Gasteiger partial charge is 0.338 e. The van der Waals surface area contributed by atoms with E-state index in [4.69, 9.17) is 9.47 Å². The number of esters is 2. The van der Waals surface area contributed by atoms with Gasteiger partial charge >= 0.3 is 11.9 Å². The van der Waals surface area contributed by atoms with Crippen molar-refractivity contribution in [1.29, 1.82) is 0 Å². The van der Waals surface area contributed by atoms with Gasteiger partial charge < -0.3 is 9.47 Å². The Morgan fingerprint density at radius 2 is 0.917 bits per heavy atom. The van der Waals surface area contributed by atoms with Crippen LogP contribution >= 0.6 is 0 Å². The molecule has 198 valence electrons. The first kappa shape index (κ1) is 29.6. The Bertz CT molecular complexity index is 925. The highest BCUT2D eigenvalue weighted by atomic mass is 16.6. The molecule has 0 heterocycles. The maximum atomic E-state index is 13.1. The molecule has 0 aliphatic rings. The highest BCUT2D eigenvalue weighted by Gasteiger charge is 2.43. The average Bonchev–Trinajstić information content (AvgIpc) is 2.84. The van der Waals surface area contributed by atoms with E-state index in [1.807, 2.05) is 62.4 Å². The maximum absolute atomic E-state index is 13.1. The number of hydrogen-bond donors (Lipinski definition) is 0. The zero-order valence-electron chi connectivity index (χ0n) is 24.0. The SMILES string of the molecule is CCC(OC(=O)c1ccc(C(C)(C)C)cc1)C(C)(CC)C(CC)OC(=O)c1ccc(C(C)(C)C)cc1. The third kappa shape index (κ3) is 6.99. The molecule has 2 rings (SSSR count). The summed E-state index contributed by atoms with van der Waals surface area (Å²) in [6.45, 7) is 21.0.